The predicted molar refractivity (Wildman–Crippen MR) is 92.0 cm³/mol. The summed E-state index contributed by atoms with van der Waals surface area (Å²) in [7, 11) is 1.29. The molecule has 0 spiro atoms. The Morgan fingerprint density at radius 1 is 1.21 bits per heavy atom. The van der Waals surface area contributed by atoms with Gasteiger partial charge in [0.25, 0.3) is 0 Å². The first-order valence-corrected chi connectivity index (χ1v) is 8.73. The van der Waals surface area contributed by atoms with Crippen LogP contribution in [0.1, 0.15) is 40.2 Å². The lowest BCUT2D eigenvalue weighted by Crippen LogP contribution is -2.21. The molecule has 1 fully saturated rings. The molecule has 0 aliphatic heterocycles. The summed E-state index contributed by atoms with van der Waals surface area (Å²) >= 11 is -2.51. The van der Waals surface area contributed by atoms with Crippen LogP contribution in [-0.2, 0) is 16.0 Å². The fraction of sp³-hybridized carbons (Fsp3) is 0.278. The lowest BCUT2D eigenvalue weighted by molar-refractivity contribution is 0.0600. The minimum absolute atomic E-state index is 0.308. The highest BCUT2D eigenvalue weighted by Gasteiger charge is 2.23. The van der Waals surface area contributed by atoms with Crippen LogP contribution in [0.3, 0.4) is 0 Å². The summed E-state index contributed by atoms with van der Waals surface area (Å²) in [5, 5.41) is 0. The summed E-state index contributed by atoms with van der Waals surface area (Å²) in [6.45, 7) is 1.80. The average Bonchev–Trinajstić information content (AvgIpc) is 3.41. The highest BCUT2D eigenvalue weighted by atomic mass is 32.2. The topological polar surface area (TPSA) is 69.7 Å². The Kier molecular flexibility index (Phi) is 4.69. The van der Waals surface area contributed by atoms with E-state index in [1.165, 1.54) is 35.9 Å². The second-order valence-electron chi connectivity index (χ2n) is 5.87. The molecular formula is C18H18NO4S-. The van der Waals surface area contributed by atoms with Gasteiger partial charge in [-0.05, 0) is 61.1 Å². The molecule has 24 heavy (non-hydrogen) atoms. The largest absolute Gasteiger partial charge is 0.755 e. The minimum Gasteiger partial charge on any atom is -0.755 e. The van der Waals surface area contributed by atoms with Crippen molar-refractivity contribution in [1.29, 1.82) is 0 Å². The van der Waals surface area contributed by atoms with E-state index in [4.69, 9.17) is 4.74 Å². The molecule has 1 aliphatic rings. The first-order valence-electron chi connectivity index (χ1n) is 7.69. The molecule has 0 bridgehead atoms. The van der Waals surface area contributed by atoms with Gasteiger partial charge in [-0.15, -0.1) is 0 Å². The molecule has 0 saturated heterocycles. The van der Waals surface area contributed by atoms with Gasteiger partial charge in [-0.3, -0.25) is 8.51 Å². The third kappa shape index (κ3) is 3.34. The Labute approximate surface area is 143 Å². The highest BCUT2D eigenvalue weighted by Crippen LogP contribution is 2.41. The van der Waals surface area contributed by atoms with Crippen LogP contribution in [0.15, 0.2) is 42.5 Å². The minimum atomic E-state index is -2.51. The molecular weight excluding hydrogens is 326 g/mol. The molecule has 126 valence electrons. The normalized spacial score (nSPS) is 15.0. The number of esters is 1. The summed E-state index contributed by atoms with van der Waals surface area (Å²) in [6, 6.07) is 12.4. The number of anilines is 2. The molecule has 2 aromatic carbocycles. The predicted octanol–water partition coefficient (Wildman–Crippen LogP) is 3.59. The van der Waals surface area contributed by atoms with E-state index >= 15 is 0 Å². The first-order chi connectivity index (χ1) is 11.5. The standard InChI is InChI=1S/C18H19NO4S/c1-12-3-4-15(18(20)23-2)11-17(12)19(24(21)22)16-9-7-14(8-10-16)13-5-6-13/h3-4,7-11,13H,5-6H2,1-2H3,(H,21,22)/p-1. The Bertz CT molecular complexity index is 784. The van der Waals surface area contributed by atoms with E-state index in [0.29, 0.717) is 22.9 Å². The number of methoxy groups -OCH3 is 1. The van der Waals surface area contributed by atoms with Gasteiger partial charge in [0.05, 0.1) is 35.3 Å². The van der Waals surface area contributed by atoms with Gasteiger partial charge in [0.15, 0.2) is 0 Å². The highest BCUT2D eigenvalue weighted by molar-refractivity contribution is 7.81. The van der Waals surface area contributed by atoms with Crippen molar-refractivity contribution in [1.82, 2.24) is 0 Å². The van der Waals surface area contributed by atoms with Crippen molar-refractivity contribution < 1.29 is 18.3 Å². The van der Waals surface area contributed by atoms with E-state index in [-0.39, 0.29) is 0 Å². The summed E-state index contributed by atoms with van der Waals surface area (Å²) < 4.78 is 29.6. The number of rotatable bonds is 5. The molecule has 1 saturated carbocycles. The van der Waals surface area contributed by atoms with Gasteiger partial charge in [-0.2, -0.15) is 0 Å². The second-order valence-corrected chi connectivity index (χ2v) is 6.67. The van der Waals surface area contributed by atoms with Gasteiger partial charge in [0.2, 0.25) is 0 Å². The van der Waals surface area contributed by atoms with Crippen LogP contribution in [-0.4, -0.2) is 21.8 Å². The van der Waals surface area contributed by atoms with Crippen LogP contribution in [0.25, 0.3) is 0 Å². The Hall–Kier alpha value is -2.18. The van der Waals surface area contributed by atoms with Crippen LogP contribution in [0, 0.1) is 6.92 Å². The maximum absolute atomic E-state index is 11.8. The lowest BCUT2D eigenvalue weighted by atomic mass is 10.1. The molecule has 0 radical (unpaired) electrons. The number of hydrogen-bond donors (Lipinski definition) is 0. The number of ether oxygens (including phenoxy) is 1. The van der Waals surface area contributed by atoms with Gasteiger partial charge in [-0.25, -0.2) is 4.79 Å². The Balaban J connectivity index is 2.01. The molecule has 5 nitrogen and oxygen atoms in total. The van der Waals surface area contributed by atoms with Crippen molar-refractivity contribution in [3.05, 3.63) is 59.2 Å². The molecule has 0 N–H and O–H groups in total. The second kappa shape index (κ2) is 6.75. The number of benzene rings is 2. The van der Waals surface area contributed by atoms with Crippen molar-refractivity contribution in [3.8, 4) is 0 Å². The quantitative estimate of drug-likeness (QED) is 0.614. The maximum Gasteiger partial charge on any atom is 0.337 e. The van der Waals surface area contributed by atoms with Crippen molar-refractivity contribution in [3.63, 3.8) is 0 Å². The molecule has 6 heteroatoms. The SMILES string of the molecule is COC(=O)c1ccc(C)c(N(c2ccc(C3CC3)cc2)S(=O)[O-])c1. The van der Waals surface area contributed by atoms with E-state index < -0.39 is 17.2 Å². The maximum atomic E-state index is 11.8. The average molecular weight is 344 g/mol. The molecule has 0 heterocycles. The fourth-order valence-corrected chi connectivity index (χ4v) is 3.33. The summed E-state index contributed by atoms with van der Waals surface area (Å²) in [5.41, 5.74) is 3.26. The number of carbonyl (C=O) groups excluding carboxylic acids is 1. The van der Waals surface area contributed by atoms with Crippen molar-refractivity contribution in [2.45, 2.75) is 25.7 Å². The van der Waals surface area contributed by atoms with Gasteiger partial charge in [0, 0.05) is 0 Å². The van der Waals surface area contributed by atoms with Crippen LogP contribution in [0.4, 0.5) is 11.4 Å². The monoisotopic (exact) mass is 344 g/mol. The summed E-state index contributed by atoms with van der Waals surface area (Å²) in [4.78, 5) is 11.7. The van der Waals surface area contributed by atoms with Crippen molar-refractivity contribution >= 4 is 28.6 Å². The summed E-state index contributed by atoms with van der Waals surface area (Å²) in [5.74, 6) is 0.103. The first kappa shape index (κ1) is 16.7. The number of aryl methyl sites for hydroxylation is 1. The van der Waals surface area contributed by atoms with E-state index in [2.05, 4.69) is 0 Å². The van der Waals surface area contributed by atoms with Gasteiger partial charge >= 0.3 is 5.97 Å². The zero-order valence-corrected chi connectivity index (χ0v) is 14.3. The molecule has 0 aromatic heterocycles. The third-order valence-electron chi connectivity index (χ3n) is 4.17. The molecule has 1 aliphatic carbocycles. The molecule has 0 amide bonds. The number of nitrogens with zero attached hydrogens (tertiary/aromatic N) is 1. The molecule has 2 aromatic rings. The molecule has 3 rings (SSSR count). The zero-order valence-electron chi connectivity index (χ0n) is 13.5. The van der Waals surface area contributed by atoms with Gasteiger partial charge in [-0.1, -0.05) is 18.2 Å². The van der Waals surface area contributed by atoms with E-state index in [1.54, 1.807) is 31.2 Å². The van der Waals surface area contributed by atoms with Crippen LogP contribution < -0.4 is 4.31 Å². The van der Waals surface area contributed by atoms with Crippen molar-refractivity contribution in [2.24, 2.45) is 0 Å². The Morgan fingerprint density at radius 3 is 2.42 bits per heavy atom. The third-order valence-corrected chi connectivity index (χ3v) is 4.88. The lowest BCUT2D eigenvalue weighted by Gasteiger charge is -2.28. The van der Waals surface area contributed by atoms with Gasteiger partial charge < -0.3 is 9.29 Å². The van der Waals surface area contributed by atoms with Crippen LogP contribution in [0.5, 0.6) is 0 Å². The van der Waals surface area contributed by atoms with Gasteiger partial charge in [0.1, 0.15) is 0 Å². The Morgan fingerprint density at radius 2 is 1.88 bits per heavy atom. The number of carbonyl (C=O) groups is 1. The smallest absolute Gasteiger partial charge is 0.337 e. The van der Waals surface area contributed by atoms with E-state index in [9.17, 15) is 13.6 Å². The molecule has 1 unspecified atom stereocenters. The zero-order chi connectivity index (χ0) is 17.3. The van der Waals surface area contributed by atoms with E-state index in [1.807, 2.05) is 12.1 Å². The fourth-order valence-electron chi connectivity index (χ4n) is 2.68. The van der Waals surface area contributed by atoms with Crippen molar-refractivity contribution in [2.75, 3.05) is 11.4 Å². The van der Waals surface area contributed by atoms with E-state index in [0.717, 1.165) is 5.56 Å². The van der Waals surface area contributed by atoms with Crippen LogP contribution in [0.2, 0.25) is 0 Å². The molecule has 1 atom stereocenters. The number of hydrogen-bond acceptors (Lipinski definition) is 4. The van der Waals surface area contributed by atoms with Crippen LogP contribution >= 0.6 is 0 Å². The summed E-state index contributed by atoms with van der Waals surface area (Å²) in [6.07, 6.45) is 2.38.